The fraction of sp³-hybridized carbons (Fsp3) is 0.889. The fourth-order valence-corrected chi connectivity index (χ4v) is 1.01. The topological polar surface area (TPSA) is 49.8 Å². The summed E-state index contributed by atoms with van der Waals surface area (Å²) in [6, 6.07) is 0.297. The Morgan fingerprint density at radius 1 is 1.62 bits per heavy atom. The molecular formula is C9H19NO3. The second-order valence-corrected chi connectivity index (χ2v) is 3.25. The van der Waals surface area contributed by atoms with Gasteiger partial charge >= 0.3 is 5.97 Å². The predicted octanol–water partition coefficient (Wildman–Crippen LogP) is 0.818. The third-order valence-electron chi connectivity index (χ3n) is 2.18. The van der Waals surface area contributed by atoms with Crippen molar-refractivity contribution in [1.29, 1.82) is 0 Å². The summed E-state index contributed by atoms with van der Waals surface area (Å²) in [4.78, 5) is 12.4. The molecule has 0 aromatic carbocycles. The van der Waals surface area contributed by atoms with Crippen LogP contribution in [0.2, 0.25) is 0 Å². The van der Waals surface area contributed by atoms with Gasteiger partial charge in [-0.15, -0.1) is 0 Å². The Labute approximate surface area is 79.5 Å². The van der Waals surface area contributed by atoms with E-state index in [-0.39, 0.29) is 6.42 Å². The number of ether oxygens (including phenoxy) is 1. The molecule has 4 nitrogen and oxygen atoms in total. The average molecular weight is 189 g/mol. The van der Waals surface area contributed by atoms with Crippen LogP contribution in [0.5, 0.6) is 0 Å². The SMILES string of the molecule is COCCN(C)C(C)CCC(=O)O. The first kappa shape index (κ1) is 12.4. The van der Waals surface area contributed by atoms with Crippen LogP contribution in [-0.4, -0.2) is 49.3 Å². The predicted molar refractivity (Wildman–Crippen MR) is 50.8 cm³/mol. The van der Waals surface area contributed by atoms with Gasteiger partial charge in [-0.05, 0) is 20.4 Å². The van der Waals surface area contributed by atoms with E-state index in [4.69, 9.17) is 9.84 Å². The van der Waals surface area contributed by atoms with Crippen LogP contribution in [0.25, 0.3) is 0 Å². The maximum Gasteiger partial charge on any atom is 0.303 e. The Balaban J connectivity index is 3.56. The zero-order valence-electron chi connectivity index (χ0n) is 8.62. The third-order valence-corrected chi connectivity index (χ3v) is 2.18. The lowest BCUT2D eigenvalue weighted by molar-refractivity contribution is -0.137. The van der Waals surface area contributed by atoms with Crippen LogP contribution in [-0.2, 0) is 9.53 Å². The third kappa shape index (κ3) is 6.54. The summed E-state index contributed by atoms with van der Waals surface area (Å²) in [6.45, 7) is 3.56. The van der Waals surface area contributed by atoms with E-state index in [1.165, 1.54) is 0 Å². The minimum Gasteiger partial charge on any atom is -0.481 e. The molecule has 0 saturated carbocycles. The molecule has 1 unspecified atom stereocenters. The molecule has 0 aliphatic rings. The van der Waals surface area contributed by atoms with Gasteiger partial charge in [-0.25, -0.2) is 0 Å². The van der Waals surface area contributed by atoms with E-state index in [2.05, 4.69) is 4.90 Å². The standard InChI is InChI=1S/C9H19NO3/c1-8(4-5-9(11)12)10(2)6-7-13-3/h8H,4-7H2,1-3H3,(H,11,12). The van der Waals surface area contributed by atoms with E-state index in [9.17, 15) is 4.79 Å². The zero-order valence-corrected chi connectivity index (χ0v) is 8.62. The summed E-state index contributed by atoms with van der Waals surface area (Å²) in [5.74, 6) is -0.730. The Morgan fingerprint density at radius 2 is 2.23 bits per heavy atom. The maximum absolute atomic E-state index is 10.3. The van der Waals surface area contributed by atoms with Gasteiger partial charge in [0.25, 0.3) is 0 Å². The van der Waals surface area contributed by atoms with Crippen LogP contribution >= 0.6 is 0 Å². The maximum atomic E-state index is 10.3. The second-order valence-electron chi connectivity index (χ2n) is 3.25. The van der Waals surface area contributed by atoms with E-state index in [1.807, 2.05) is 14.0 Å². The van der Waals surface area contributed by atoms with E-state index in [1.54, 1.807) is 7.11 Å². The number of hydrogen-bond acceptors (Lipinski definition) is 3. The Kier molecular flexibility index (Phi) is 6.54. The first-order valence-electron chi connectivity index (χ1n) is 4.49. The molecule has 0 spiro atoms. The van der Waals surface area contributed by atoms with Crippen molar-refractivity contribution in [2.75, 3.05) is 27.3 Å². The summed E-state index contributed by atoms with van der Waals surface area (Å²) < 4.78 is 4.93. The fourth-order valence-electron chi connectivity index (χ4n) is 1.01. The number of carbonyl (C=O) groups is 1. The van der Waals surface area contributed by atoms with Crippen molar-refractivity contribution in [2.45, 2.75) is 25.8 Å². The summed E-state index contributed by atoms with van der Waals surface area (Å²) in [7, 11) is 3.64. The highest BCUT2D eigenvalue weighted by molar-refractivity contribution is 5.66. The Bertz CT molecular complexity index is 150. The van der Waals surface area contributed by atoms with Crippen LogP contribution in [0.1, 0.15) is 19.8 Å². The van der Waals surface area contributed by atoms with Gasteiger partial charge in [0.15, 0.2) is 0 Å². The smallest absolute Gasteiger partial charge is 0.303 e. The Hall–Kier alpha value is -0.610. The number of carboxylic acids is 1. The van der Waals surface area contributed by atoms with Crippen LogP contribution in [0.3, 0.4) is 0 Å². The molecule has 0 aromatic heterocycles. The second kappa shape index (κ2) is 6.86. The van der Waals surface area contributed by atoms with E-state index >= 15 is 0 Å². The van der Waals surface area contributed by atoms with Crippen molar-refractivity contribution in [1.82, 2.24) is 4.90 Å². The van der Waals surface area contributed by atoms with Gasteiger partial charge in [0.1, 0.15) is 0 Å². The van der Waals surface area contributed by atoms with Gasteiger partial charge in [0.2, 0.25) is 0 Å². The number of hydrogen-bond donors (Lipinski definition) is 1. The molecule has 0 aliphatic carbocycles. The Morgan fingerprint density at radius 3 is 2.69 bits per heavy atom. The molecule has 0 aliphatic heterocycles. The quantitative estimate of drug-likeness (QED) is 0.644. The van der Waals surface area contributed by atoms with Crippen LogP contribution in [0.4, 0.5) is 0 Å². The van der Waals surface area contributed by atoms with Crippen molar-refractivity contribution < 1.29 is 14.6 Å². The number of methoxy groups -OCH3 is 1. The van der Waals surface area contributed by atoms with Crippen molar-refractivity contribution in [3.05, 3.63) is 0 Å². The summed E-state index contributed by atoms with van der Waals surface area (Å²) in [5, 5.41) is 8.48. The molecule has 0 fully saturated rings. The molecule has 0 amide bonds. The normalized spacial score (nSPS) is 13.2. The highest BCUT2D eigenvalue weighted by Crippen LogP contribution is 2.03. The molecule has 0 radical (unpaired) electrons. The minimum absolute atomic E-state index is 0.235. The van der Waals surface area contributed by atoms with Gasteiger partial charge in [-0.3, -0.25) is 4.79 Å². The lowest BCUT2D eigenvalue weighted by Crippen LogP contribution is -2.32. The van der Waals surface area contributed by atoms with Crippen molar-refractivity contribution in [2.24, 2.45) is 0 Å². The van der Waals surface area contributed by atoms with Crippen molar-refractivity contribution in [3.8, 4) is 0 Å². The number of carboxylic acid groups (broad SMARTS) is 1. The van der Waals surface area contributed by atoms with E-state index in [0.717, 1.165) is 6.54 Å². The first-order valence-corrected chi connectivity index (χ1v) is 4.49. The molecule has 0 heterocycles. The van der Waals surface area contributed by atoms with Gasteiger partial charge in [0.05, 0.1) is 6.61 Å². The monoisotopic (exact) mass is 189 g/mol. The zero-order chi connectivity index (χ0) is 10.3. The number of rotatable bonds is 7. The summed E-state index contributed by atoms with van der Waals surface area (Å²) in [5.41, 5.74) is 0. The molecule has 0 aromatic rings. The molecule has 78 valence electrons. The largest absolute Gasteiger partial charge is 0.481 e. The lowest BCUT2D eigenvalue weighted by atomic mass is 10.1. The van der Waals surface area contributed by atoms with Crippen molar-refractivity contribution >= 4 is 5.97 Å². The molecule has 0 rings (SSSR count). The molecule has 0 bridgehead atoms. The average Bonchev–Trinajstić information content (AvgIpc) is 2.10. The molecule has 1 N–H and O–H groups in total. The molecule has 1 atom stereocenters. The summed E-state index contributed by atoms with van der Waals surface area (Å²) in [6.07, 6.45) is 0.925. The molecule has 0 saturated heterocycles. The number of likely N-dealkylation sites (N-methyl/N-ethyl adjacent to an activating group) is 1. The van der Waals surface area contributed by atoms with Crippen LogP contribution in [0.15, 0.2) is 0 Å². The van der Waals surface area contributed by atoms with Crippen LogP contribution in [0, 0.1) is 0 Å². The highest BCUT2D eigenvalue weighted by atomic mass is 16.5. The van der Waals surface area contributed by atoms with Crippen molar-refractivity contribution in [3.63, 3.8) is 0 Å². The lowest BCUT2D eigenvalue weighted by Gasteiger charge is -2.23. The van der Waals surface area contributed by atoms with Gasteiger partial charge in [-0.2, -0.15) is 0 Å². The van der Waals surface area contributed by atoms with Gasteiger partial charge in [0, 0.05) is 26.1 Å². The molecule has 13 heavy (non-hydrogen) atoms. The summed E-state index contributed by atoms with van der Waals surface area (Å²) >= 11 is 0. The molecule has 4 heteroatoms. The number of nitrogens with zero attached hydrogens (tertiary/aromatic N) is 1. The van der Waals surface area contributed by atoms with E-state index < -0.39 is 5.97 Å². The number of aliphatic carboxylic acids is 1. The van der Waals surface area contributed by atoms with E-state index in [0.29, 0.717) is 19.1 Å². The minimum atomic E-state index is -0.730. The van der Waals surface area contributed by atoms with Gasteiger partial charge in [-0.1, -0.05) is 0 Å². The van der Waals surface area contributed by atoms with Crippen LogP contribution < -0.4 is 0 Å². The first-order chi connectivity index (χ1) is 6.07. The van der Waals surface area contributed by atoms with Gasteiger partial charge < -0.3 is 14.7 Å². The molecular weight excluding hydrogens is 170 g/mol. The highest BCUT2D eigenvalue weighted by Gasteiger charge is 2.09.